The Morgan fingerprint density at radius 1 is 1.32 bits per heavy atom. The van der Waals surface area contributed by atoms with Gasteiger partial charge in [0.2, 0.25) is 0 Å². The number of ether oxygens (including phenoxy) is 1. The lowest BCUT2D eigenvalue weighted by Crippen LogP contribution is -2.41. The van der Waals surface area contributed by atoms with Gasteiger partial charge in [-0.3, -0.25) is 9.78 Å². The second-order valence-electron chi connectivity index (χ2n) is 5.29. The minimum Gasteiger partial charge on any atom is -0.480 e. The van der Waals surface area contributed by atoms with Crippen LogP contribution in [-0.4, -0.2) is 52.7 Å². The number of carbonyl (C=O) groups is 2. The van der Waals surface area contributed by atoms with Crippen LogP contribution in [0.25, 0.3) is 10.8 Å². The first kappa shape index (κ1) is 14.5. The van der Waals surface area contributed by atoms with Crippen LogP contribution in [0, 0.1) is 0 Å². The van der Waals surface area contributed by atoms with Gasteiger partial charge in [0, 0.05) is 31.7 Å². The van der Waals surface area contributed by atoms with E-state index in [9.17, 15) is 14.7 Å². The van der Waals surface area contributed by atoms with Crippen LogP contribution in [0.1, 0.15) is 16.9 Å². The molecule has 3 rings (SSSR count). The van der Waals surface area contributed by atoms with Crippen molar-refractivity contribution in [1.29, 1.82) is 0 Å². The largest absolute Gasteiger partial charge is 0.480 e. The Morgan fingerprint density at radius 2 is 2.09 bits per heavy atom. The number of benzene rings is 1. The summed E-state index contributed by atoms with van der Waals surface area (Å²) in [6, 6.07) is 8.37. The average Bonchev–Trinajstić information content (AvgIpc) is 2.98. The molecule has 0 bridgehead atoms. The molecule has 1 saturated heterocycles. The molecule has 2 aromatic rings. The van der Waals surface area contributed by atoms with Crippen molar-refractivity contribution < 1.29 is 19.4 Å². The first-order chi connectivity index (χ1) is 10.6. The molecule has 2 heterocycles. The Bertz CT molecular complexity index is 726. The highest BCUT2D eigenvalue weighted by molar-refractivity contribution is 6.06. The highest BCUT2D eigenvalue weighted by Gasteiger charge is 2.40. The minimum atomic E-state index is -1.02. The van der Waals surface area contributed by atoms with Crippen LogP contribution in [0.2, 0.25) is 0 Å². The smallest absolute Gasteiger partial charge is 0.326 e. The summed E-state index contributed by atoms with van der Waals surface area (Å²) in [6.45, 7) is 0.261. The summed E-state index contributed by atoms with van der Waals surface area (Å²) in [5, 5.41) is 11.0. The second-order valence-corrected chi connectivity index (χ2v) is 5.29. The van der Waals surface area contributed by atoms with Crippen molar-refractivity contribution >= 4 is 22.6 Å². The predicted molar refractivity (Wildman–Crippen MR) is 79.6 cm³/mol. The van der Waals surface area contributed by atoms with E-state index in [2.05, 4.69) is 4.98 Å². The van der Waals surface area contributed by atoms with Crippen LogP contribution < -0.4 is 0 Å². The zero-order valence-electron chi connectivity index (χ0n) is 12.1. The first-order valence-corrected chi connectivity index (χ1v) is 7.02. The molecule has 0 saturated carbocycles. The number of fused-ring (bicyclic) bond motifs is 1. The van der Waals surface area contributed by atoms with Crippen molar-refractivity contribution in [3.63, 3.8) is 0 Å². The Kier molecular flexibility index (Phi) is 3.77. The normalized spacial score (nSPS) is 21.2. The summed E-state index contributed by atoms with van der Waals surface area (Å²) < 4.78 is 5.22. The SMILES string of the molecule is COC1CC(C(=O)O)N(C(=O)c2nccc3ccccc23)C1. The molecule has 1 N–H and O–H groups in total. The number of pyridine rings is 1. The molecule has 1 aromatic heterocycles. The first-order valence-electron chi connectivity index (χ1n) is 7.02. The molecule has 2 atom stereocenters. The van der Waals surface area contributed by atoms with Gasteiger partial charge in [0.15, 0.2) is 0 Å². The number of nitrogens with zero attached hydrogens (tertiary/aromatic N) is 2. The maximum absolute atomic E-state index is 12.8. The van der Waals surface area contributed by atoms with Gasteiger partial charge < -0.3 is 14.7 Å². The Hall–Kier alpha value is -2.47. The number of aliphatic carboxylic acids is 1. The van der Waals surface area contributed by atoms with Crippen LogP contribution in [0.3, 0.4) is 0 Å². The Labute approximate surface area is 127 Å². The van der Waals surface area contributed by atoms with E-state index < -0.39 is 12.0 Å². The number of rotatable bonds is 3. The molecule has 1 aliphatic rings. The minimum absolute atomic E-state index is 0.261. The molecule has 6 heteroatoms. The molecule has 1 fully saturated rings. The monoisotopic (exact) mass is 300 g/mol. The predicted octanol–water partition coefficient (Wildman–Crippen LogP) is 1.55. The van der Waals surface area contributed by atoms with Crippen LogP contribution in [-0.2, 0) is 9.53 Å². The van der Waals surface area contributed by atoms with Gasteiger partial charge in [-0.15, -0.1) is 0 Å². The summed E-state index contributed by atoms with van der Waals surface area (Å²) in [4.78, 5) is 29.7. The van der Waals surface area contributed by atoms with Crippen molar-refractivity contribution in [3.8, 4) is 0 Å². The topological polar surface area (TPSA) is 79.7 Å². The highest BCUT2D eigenvalue weighted by atomic mass is 16.5. The number of carboxylic acids is 1. The Balaban J connectivity index is 2.00. The van der Waals surface area contributed by atoms with Gasteiger partial charge in [0.1, 0.15) is 11.7 Å². The van der Waals surface area contributed by atoms with Gasteiger partial charge in [-0.25, -0.2) is 4.79 Å². The summed E-state index contributed by atoms with van der Waals surface area (Å²) in [6.07, 6.45) is 1.59. The van der Waals surface area contributed by atoms with Gasteiger partial charge >= 0.3 is 5.97 Å². The van der Waals surface area contributed by atoms with Crippen LogP contribution >= 0.6 is 0 Å². The van der Waals surface area contributed by atoms with E-state index >= 15 is 0 Å². The number of hydrogen-bond acceptors (Lipinski definition) is 4. The van der Waals surface area contributed by atoms with E-state index in [4.69, 9.17) is 4.74 Å². The van der Waals surface area contributed by atoms with Crippen LogP contribution in [0.4, 0.5) is 0 Å². The number of hydrogen-bond donors (Lipinski definition) is 1. The van der Waals surface area contributed by atoms with E-state index in [-0.39, 0.29) is 24.2 Å². The fourth-order valence-corrected chi connectivity index (χ4v) is 2.85. The van der Waals surface area contributed by atoms with Crippen LogP contribution in [0.5, 0.6) is 0 Å². The van der Waals surface area contributed by atoms with Crippen molar-refractivity contribution in [1.82, 2.24) is 9.88 Å². The maximum Gasteiger partial charge on any atom is 0.326 e. The molecule has 1 aliphatic heterocycles. The molecule has 1 aromatic carbocycles. The Morgan fingerprint density at radius 3 is 2.82 bits per heavy atom. The quantitative estimate of drug-likeness (QED) is 0.930. The molecular weight excluding hydrogens is 284 g/mol. The van der Waals surface area contributed by atoms with Crippen molar-refractivity contribution in [3.05, 3.63) is 42.2 Å². The third kappa shape index (κ3) is 2.42. The van der Waals surface area contributed by atoms with Crippen molar-refractivity contribution in [2.24, 2.45) is 0 Å². The van der Waals surface area contributed by atoms with Gasteiger partial charge in [-0.05, 0) is 11.5 Å². The third-order valence-corrected chi connectivity index (χ3v) is 4.02. The molecule has 1 amide bonds. The van der Waals surface area contributed by atoms with Gasteiger partial charge in [0.25, 0.3) is 5.91 Å². The van der Waals surface area contributed by atoms with E-state index in [0.29, 0.717) is 6.42 Å². The van der Waals surface area contributed by atoms with Gasteiger partial charge in [-0.1, -0.05) is 24.3 Å². The zero-order chi connectivity index (χ0) is 15.7. The van der Waals surface area contributed by atoms with Crippen LogP contribution in [0.15, 0.2) is 36.5 Å². The standard InChI is InChI=1S/C16H16N2O4/c1-22-11-8-13(16(20)21)18(9-11)15(19)14-12-5-3-2-4-10(12)6-7-17-14/h2-7,11,13H,8-9H2,1H3,(H,20,21). The lowest BCUT2D eigenvalue weighted by atomic mass is 10.1. The number of likely N-dealkylation sites (tertiary alicyclic amines) is 1. The number of carboxylic acid groups (broad SMARTS) is 1. The van der Waals surface area contributed by atoms with E-state index in [1.165, 1.54) is 12.0 Å². The number of methoxy groups -OCH3 is 1. The number of aromatic nitrogens is 1. The van der Waals surface area contributed by atoms with E-state index in [1.807, 2.05) is 30.3 Å². The summed E-state index contributed by atoms with van der Waals surface area (Å²) >= 11 is 0. The third-order valence-electron chi connectivity index (χ3n) is 4.02. The molecule has 0 aliphatic carbocycles. The summed E-state index contributed by atoms with van der Waals surface area (Å²) in [5.41, 5.74) is 0.279. The van der Waals surface area contributed by atoms with E-state index in [0.717, 1.165) is 10.8 Å². The maximum atomic E-state index is 12.8. The van der Waals surface area contributed by atoms with Crippen molar-refractivity contribution in [2.75, 3.05) is 13.7 Å². The highest BCUT2D eigenvalue weighted by Crippen LogP contribution is 2.25. The number of carbonyl (C=O) groups excluding carboxylic acids is 1. The molecular formula is C16H16N2O4. The molecule has 0 spiro atoms. The second kappa shape index (κ2) is 5.73. The molecule has 2 unspecified atom stereocenters. The summed E-state index contributed by atoms with van der Waals surface area (Å²) in [5.74, 6) is -1.39. The van der Waals surface area contributed by atoms with Gasteiger partial charge in [0.05, 0.1) is 6.10 Å². The number of amides is 1. The van der Waals surface area contributed by atoms with Crippen molar-refractivity contribution in [2.45, 2.75) is 18.6 Å². The lowest BCUT2D eigenvalue weighted by Gasteiger charge is -2.21. The van der Waals surface area contributed by atoms with Gasteiger partial charge in [-0.2, -0.15) is 0 Å². The molecule has 22 heavy (non-hydrogen) atoms. The molecule has 6 nitrogen and oxygen atoms in total. The molecule has 0 radical (unpaired) electrons. The summed E-state index contributed by atoms with van der Waals surface area (Å²) in [7, 11) is 1.52. The average molecular weight is 300 g/mol. The zero-order valence-corrected chi connectivity index (χ0v) is 12.1. The lowest BCUT2D eigenvalue weighted by molar-refractivity contribution is -0.141. The molecule has 114 valence electrons. The fraction of sp³-hybridized carbons (Fsp3) is 0.312. The fourth-order valence-electron chi connectivity index (χ4n) is 2.85. The van der Waals surface area contributed by atoms with E-state index in [1.54, 1.807) is 6.20 Å².